The van der Waals surface area contributed by atoms with Gasteiger partial charge in [0.25, 0.3) is 0 Å². The van der Waals surface area contributed by atoms with Gasteiger partial charge in [0.2, 0.25) is 0 Å². The quantitative estimate of drug-likeness (QED) is 0.773. The molecule has 3 rings (SSSR count). The van der Waals surface area contributed by atoms with E-state index < -0.39 is 5.97 Å². The van der Waals surface area contributed by atoms with Crippen LogP contribution >= 0.6 is 11.6 Å². The number of benzene rings is 1. The third-order valence-electron chi connectivity index (χ3n) is 3.96. The van der Waals surface area contributed by atoms with E-state index in [1.165, 1.54) is 25.4 Å². The summed E-state index contributed by atoms with van der Waals surface area (Å²) < 4.78 is 16.8. The lowest BCUT2D eigenvalue weighted by molar-refractivity contribution is 0.0593. The molecule has 0 aliphatic carbocycles. The van der Waals surface area contributed by atoms with Crippen LogP contribution in [0.4, 0.5) is 10.2 Å². The van der Waals surface area contributed by atoms with E-state index in [1.807, 2.05) is 20.9 Å². The Bertz CT molecular complexity index is 695. The summed E-state index contributed by atoms with van der Waals surface area (Å²) in [5.41, 5.74) is 0.243. The molecule has 1 aromatic carbocycles. The zero-order valence-electron chi connectivity index (χ0n) is 16.8. The Morgan fingerprint density at radius 1 is 1.32 bits per heavy atom. The molecule has 0 amide bonds. The normalized spacial score (nSPS) is 15.1. The maximum atomic E-state index is 12.2. The van der Waals surface area contributed by atoms with Gasteiger partial charge in [-0.25, -0.2) is 19.2 Å². The standard InChI is InChI=1S/C12H18N4O2.C6H4ClF.C2H6/c1-13-5-9-3-4-16(8-9)11-7-14-10(6-15-11)12(17)18-2;7-5-3-1-2-4-6(5)8;1-2/h6-7,9,13H,3-5,8H2,1-2H3;1-4H;1-2H3/t9-;;/m1../s1. The number of ether oxygens (including phenoxy) is 1. The molecule has 28 heavy (non-hydrogen) atoms. The fourth-order valence-electron chi connectivity index (χ4n) is 2.63. The van der Waals surface area contributed by atoms with Crippen LogP contribution in [0.5, 0.6) is 0 Å². The number of hydrogen-bond acceptors (Lipinski definition) is 6. The summed E-state index contributed by atoms with van der Waals surface area (Å²) in [6.45, 7) is 6.98. The van der Waals surface area contributed by atoms with Gasteiger partial charge >= 0.3 is 5.97 Å². The third-order valence-corrected chi connectivity index (χ3v) is 4.27. The predicted molar refractivity (Wildman–Crippen MR) is 110 cm³/mol. The minimum absolute atomic E-state index is 0.174. The summed E-state index contributed by atoms with van der Waals surface area (Å²) in [5, 5.41) is 3.36. The van der Waals surface area contributed by atoms with E-state index in [-0.39, 0.29) is 16.5 Å². The van der Waals surface area contributed by atoms with Crippen LogP contribution in [0.1, 0.15) is 30.8 Å². The molecule has 0 radical (unpaired) electrons. The van der Waals surface area contributed by atoms with Crippen molar-refractivity contribution in [1.82, 2.24) is 15.3 Å². The zero-order chi connectivity index (χ0) is 20.9. The summed E-state index contributed by atoms with van der Waals surface area (Å²) in [6, 6.07) is 6.12. The average molecular weight is 411 g/mol. The molecule has 0 saturated carbocycles. The van der Waals surface area contributed by atoms with Gasteiger partial charge in [0, 0.05) is 13.1 Å². The highest BCUT2D eigenvalue weighted by Gasteiger charge is 2.23. The first kappa shape index (κ1) is 23.8. The third kappa shape index (κ3) is 7.40. The molecule has 1 fully saturated rings. The molecule has 0 bridgehead atoms. The van der Waals surface area contributed by atoms with Crippen LogP contribution in [0.15, 0.2) is 36.7 Å². The molecule has 154 valence electrons. The molecule has 0 unspecified atom stereocenters. The molecule has 1 aromatic heterocycles. The first-order chi connectivity index (χ1) is 13.5. The highest BCUT2D eigenvalue weighted by Crippen LogP contribution is 2.20. The van der Waals surface area contributed by atoms with E-state index in [4.69, 9.17) is 11.6 Å². The second kappa shape index (κ2) is 13.0. The Labute approximate surface area is 171 Å². The molecule has 1 atom stereocenters. The van der Waals surface area contributed by atoms with Crippen LogP contribution in [0, 0.1) is 11.7 Å². The van der Waals surface area contributed by atoms with E-state index >= 15 is 0 Å². The smallest absolute Gasteiger partial charge is 0.358 e. The number of nitrogens with one attached hydrogen (secondary N) is 1. The second-order valence-corrected chi connectivity index (χ2v) is 6.23. The minimum atomic E-state index is -0.455. The number of halogens is 2. The van der Waals surface area contributed by atoms with Crippen LogP contribution in [0.3, 0.4) is 0 Å². The Morgan fingerprint density at radius 2 is 2.04 bits per heavy atom. The van der Waals surface area contributed by atoms with Gasteiger partial charge in [-0.15, -0.1) is 0 Å². The van der Waals surface area contributed by atoms with Crippen molar-refractivity contribution in [1.29, 1.82) is 0 Å². The molecule has 8 heteroatoms. The number of hydrogen-bond donors (Lipinski definition) is 1. The van der Waals surface area contributed by atoms with E-state index in [1.54, 1.807) is 18.3 Å². The highest BCUT2D eigenvalue weighted by molar-refractivity contribution is 6.30. The molecular formula is C20H28ClFN4O2. The van der Waals surface area contributed by atoms with E-state index in [0.717, 1.165) is 31.9 Å². The summed E-state index contributed by atoms with van der Waals surface area (Å²) >= 11 is 5.33. The maximum Gasteiger partial charge on any atom is 0.358 e. The predicted octanol–water partition coefficient (Wildman–Crippen LogP) is 3.81. The Hall–Kier alpha value is -2.25. The molecule has 1 aliphatic heterocycles. The fourth-order valence-corrected chi connectivity index (χ4v) is 2.77. The Balaban J connectivity index is 0.000000327. The fraction of sp³-hybridized carbons (Fsp3) is 0.450. The Morgan fingerprint density at radius 3 is 2.54 bits per heavy atom. The lowest BCUT2D eigenvalue weighted by Crippen LogP contribution is -2.25. The first-order valence-corrected chi connectivity index (χ1v) is 9.63. The van der Waals surface area contributed by atoms with Gasteiger partial charge in [-0.3, -0.25) is 0 Å². The zero-order valence-corrected chi connectivity index (χ0v) is 17.5. The van der Waals surface area contributed by atoms with E-state index in [9.17, 15) is 9.18 Å². The molecule has 6 nitrogen and oxygen atoms in total. The SMILES string of the molecule is CC.CNC[C@H]1CCN(c2cnc(C(=O)OC)cn2)C1.Fc1ccccc1Cl. The largest absolute Gasteiger partial charge is 0.464 e. The van der Waals surface area contributed by atoms with Gasteiger partial charge in [0.05, 0.1) is 24.5 Å². The van der Waals surface area contributed by atoms with Gasteiger partial charge < -0.3 is 15.0 Å². The number of rotatable bonds is 4. The number of nitrogens with zero attached hydrogens (tertiary/aromatic N) is 3. The number of anilines is 1. The van der Waals surface area contributed by atoms with Crippen LogP contribution < -0.4 is 10.2 Å². The van der Waals surface area contributed by atoms with Crippen molar-refractivity contribution in [3.63, 3.8) is 0 Å². The average Bonchev–Trinajstić information content (AvgIpc) is 3.21. The minimum Gasteiger partial charge on any atom is -0.464 e. The van der Waals surface area contributed by atoms with Crippen molar-refractivity contribution in [2.45, 2.75) is 20.3 Å². The van der Waals surface area contributed by atoms with E-state index in [2.05, 4.69) is 24.9 Å². The summed E-state index contributed by atoms with van der Waals surface area (Å²) in [5.74, 6) is 0.649. The van der Waals surface area contributed by atoms with Gasteiger partial charge in [0.1, 0.15) is 11.6 Å². The van der Waals surface area contributed by atoms with Crippen molar-refractivity contribution in [3.05, 3.63) is 53.2 Å². The van der Waals surface area contributed by atoms with Crippen LogP contribution in [0.2, 0.25) is 5.02 Å². The topological polar surface area (TPSA) is 67.4 Å². The molecule has 1 N–H and O–H groups in total. The van der Waals surface area contributed by atoms with Crippen LogP contribution in [-0.4, -0.2) is 49.7 Å². The van der Waals surface area contributed by atoms with Crippen LogP contribution in [0.25, 0.3) is 0 Å². The van der Waals surface area contributed by atoms with Gasteiger partial charge in [0.15, 0.2) is 5.69 Å². The molecule has 1 aliphatic rings. The maximum absolute atomic E-state index is 12.2. The second-order valence-electron chi connectivity index (χ2n) is 5.82. The monoisotopic (exact) mass is 410 g/mol. The lowest BCUT2D eigenvalue weighted by Gasteiger charge is -2.16. The summed E-state index contributed by atoms with van der Waals surface area (Å²) in [4.78, 5) is 21.8. The summed E-state index contributed by atoms with van der Waals surface area (Å²) in [7, 11) is 3.30. The van der Waals surface area contributed by atoms with E-state index in [0.29, 0.717) is 5.92 Å². The number of carbonyl (C=O) groups excluding carboxylic acids is 1. The van der Waals surface area contributed by atoms with Crippen molar-refractivity contribution >= 4 is 23.4 Å². The van der Waals surface area contributed by atoms with Gasteiger partial charge in [-0.05, 0) is 38.1 Å². The van der Waals surface area contributed by atoms with Crippen molar-refractivity contribution in [3.8, 4) is 0 Å². The summed E-state index contributed by atoms with van der Waals surface area (Å²) in [6.07, 6.45) is 4.25. The van der Waals surface area contributed by atoms with Crippen LogP contribution in [-0.2, 0) is 4.74 Å². The molecule has 1 saturated heterocycles. The highest BCUT2D eigenvalue weighted by atomic mass is 35.5. The first-order valence-electron chi connectivity index (χ1n) is 9.25. The number of methoxy groups -OCH3 is 1. The number of carbonyl (C=O) groups is 1. The van der Waals surface area contributed by atoms with Gasteiger partial charge in [-0.2, -0.15) is 0 Å². The number of aromatic nitrogens is 2. The van der Waals surface area contributed by atoms with Gasteiger partial charge in [-0.1, -0.05) is 37.6 Å². The van der Waals surface area contributed by atoms with Crippen molar-refractivity contribution < 1.29 is 13.9 Å². The Kier molecular flexibility index (Phi) is 11.1. The van der Waals surface area contributed by atoms with Crippen molar-refractivity contribution in [2.75, 3.05) is 38.7 Å². The molecule has 0 spiro atoms. The lowest BCUT2D eigenvalue weighted by atomic mass is 10.1. The molecule has 2 aromatic rings. The van der Waals surface area contributed by atoms with Crippen molar-refractivity contribution in [2.24, 2.45) is 5.92 Å². The molecular weight excluding hydrogens is 383 g/mol. The molecule has 2 heterocycles. The number of esters is 1.